The van der Waals surface area contributed by atoms with Gasteiger partial charge in [-0.3, -0.25) is 9.67 Å². The molecule has 2 rings (SSSR count). The number of aryl methyl sites for hydroxylation is 1. The van der Waals surface area contributed by atoms with Crippen molar-refractivity contribution in [2.75, 3.05) is 0 Å². The molecule has 0 amide bonds. The van der Waals surface area contributed by atoms with Crippen molar-refractivity contribution in [2.45, 2.75) is 13.5 Å². The zero-order valence-electron chi connectivity index (χ0n) is 7.52. The summed E-state index contributed by atoms with van der Waals surface area (Å²) in [6.07, 6.45) is 3.47. The minimum Gasteiger partial charge on any atom is -0.492 e. The van der Waals surface area contributed by atoms with E-state index in [-0.39, 0.29) is 18.2 Å². The van der Waals surface area contributed by atoms with E-state index in [1.165, 1.54) is 0 Å². The van der Waals surface area contributed by atoms with Crippen LogP contribution in [0.5, 0.6) is 5.88 Å². The molecule has 6 nitrogen and oxygen atoms in total. The van der Waals surface area contributed by atoms with Crippen molar-refractivity contribution in [3.05, 3.63) is 34.3 Å². The van der Waals surface area contributed by atoms with Crippen LogP contribution in [-0.2, 0) is 6.54 Å². The number of aromatic hydroxyl groups is 1. The standard InChI is InChI=1S/C8H9N3O3/c1-5-2-9-11(3-5)4-6-7(12)10-8(13)14-6/h2-3,12H,4H2,1H3,(H,10,13). The van der Waals surface area contributed by atoms with E-state index in [0.29, 0.717) is 0 Å². The molecular weight excluding hydrogens is 186 g/mol. The Bertz CT molecular complexity index is 494. The second-order valence-corrected chi connectivity index (χ2v) is 3.00. The fourth-order valence-electron chi connectivity index (χ4n) is 1.16. The molecule has 0 radical (unpaired) electrons. The summed E-state index contributed by atoms with van der Waals surface area (Å²) in [5.74, 6) is -0.734. The summed E-state index contributed by atoms with van der Waals surface area (Å²) in [4.78, 5) is 12.8. The summed E-state index contributed by atoms with van der Waals surface area (Å²) in [7, 11) is 0. The predicted molar refractivity (Wildman–Crippen MR) is 47.1 cm³/mol. The third-order valence-electron chi connectivity index (χ3n) is 1.77. The molecule has 0 saturated heterocycles. The molecule has 6 heteroatoms. The van der Waals surface area contributed by atoms with Crippen molar-refractivity contribution in [1.82, 2.24) is 14.8 Å². The van der Waals surface area contributed by atoms with Gasteiger partial charge in [-0.2, -0.15) is 5.10 Å². The lowest BCUT2D eigenvalue weighted by Gasteiger charge is -1.96. The van der Waals surface area contributed by atoms with E-state index >= 15 is 0 Å². The van der Waals surface area contributed by atoms with Crippen LogP contribution in [0.4, 0.5) is 0 Å². The summed E-state index contributed by atoms with van der Waals surface area (Å²) >= 11 is 0. The molecule has 0 saturated carbocycles. The molecule has 0 spiro atoms. The number of oxazole rings is 1. The molecule has 74 valence electrons. The maximum atomic E-state index is 10.7. The van der Waals surface area contributed by atoms with Crippen LogP contribution >= 0.6 is 0 Å². The van der Waals surface area contributed by atoms with Crippen LogP contribution in [-0.4, -0.2) is 19.9 Å². The van der Waals surface area contributed by atoms with Crippen LogP contribution in [0, 0.1) is 6.92 Å². The van der Waals surface area contributed by atoms with Gasteiger partial charge in [0.2, 0.25) is 5.88 Å². The van der Waals surface area contributed by atoms with Gasteiger partial charge in [-0.05, 0) is 12.5 Å². The fourth-order valence-corrected chi connectivity index (χ4v) is 1.16. The Kier molecular flexibility index (Phi) is 1.88. The largest absolute Gasteiger partial charge is 0.492 e. The van der Waals surface area contributed by atoms with Gasteiger partial charge in [-0.25, -0.2) is 4.79 Å². The van der Waals surface area contributed by atoms with Crippen LogP contribution in [0.3, 0.4) is 0 Å². The normalized spacial score (nSPS) is 10.6. The summed E-state index contributed by atoms with van der Waals surface area (Å²) in [6, 6.07) is 0. The molecule has 2 aromatic rings. The number of rotatable bonds is 2. The summed E-state index contributed by atoms with van der Waals surface area (Å²) in [5, 5.41) is 13.2. The van der Waals surface area contributed by atoms with Gasteiger partial charge in [0.25, 0.3) is 0 Å². The van der Waals surface area contributed by atoms with E-state index < -0.39 is 5.76 Å². The van der Waals surface area contributed by atoms with Crippen LogP contribution < -0.4 is 5.76 Å². The summed E-state index contributed by atoms with van der Waals surface area (Å²) in [6.45, 7) is 2.13. The molecule has 0 unspecified atom stereocenters. The zero-order valence-corrected chi connectivity index (χ0v) is 7.52. The second kappa shape index (κ2) is 3.06. The molecule has 0 aliphatic carbocycles. The van der Waals surface area contributed by atoms with E-state index in [4.69, 9.17) is 4.42 Å². The quantitative estimate of drug-likeness (QED) is 0.718. The maximum Gasteiger partial charge on any atom is 0.419 e. The van der Waals surface area contributed by atoms with E-state index in [1.54, 1.807) is 17.1 Å². The van der Waals surface area contributed by atoms with Crippen molar-refractivity contribution in [1.29, 1.82) is 0 Å². The van der Waals surface area contributed by atoms with Gasteiger partial charge in [0.15, 0.2) is 5.76 Å². The number of aromatic nitrogens is 3. The van der Waals surface area contributed by atoms with Gasteiger partial charge in [0.05, 0.1) is 6.20 Å². The lowest BCUT2D eigenvalue weighted by molar-refractivity contribution is 0.407. The molecule has 0 aromatic carbocycles. The Morgan fingerprint density at radius 3 is 3.00 bits per heavy atom. The van der Waals surface area contributed by atoms with Crippen LogP contribution in [0.15, 0.2) is 21.6 Å². The van der Waals surface area contributed by atoms with E-state index in [0.717, 1.165) is 5.56 Å². The molecular formula is C8H9N3O3. The Hall–Kier alpha value is -1.98. The molecule has 2 N–H and O–H groups in total. The van der Waals surface area contributed by atoms with Crippen LogP contribution in [0.1, 0.15) is 11.3 Å². The van der Waals surface area contributed by atoms with Crippen molar-refractivity contribution < 1.29 is 9.52 Å². The Balaban J connectivity index is 2.26. The first-order valence-corrected chi connectivity index (χ1v) is 4.05. The molecule has 14 heavy (non-hydrogen) atoms. The molecule has 0 aliphatic rings. The number of hydrogen-bond acceptors (Lipinski definition) is 4. The molecule has 0 aliphatic heterocycles. The Morgan fingerprint density at radius 2 is 2.50 bits per heavy atom. The zero-order chi connectivity index (χ0) is 10.1. The highest BCUT2D eigenvalue weighted by molar-refractivity contribution is 5.12. The number of nitrogens with zero attached hydrogens (tertiary/aromatic N) is 2. The number of hydrogen-bond donors (Lipinski definition) is 2. The van der Waals surface area contributed by atoms with Gasteiger partial charge >= 0.3 is 5.76 Å². The lowest BCUT2D eigenvalue weighted by atomic mass is 10.4. The molecule has 2 heterocycles. The maximum absolute atomic E-state index is 10.7. The fraction of sp³-hybridized carbons (Fsp3) is 0.250. The smallest absolute Gasteiger partial charge is 0.419 e. The molecule has 2 aromatic heterocycles. The lowest BCUT2D eigenvalue weighted by Crippen LogP contribution is -1.99. The minimum absolute atomic E-state index is 0.179. The average Bonchev–Trinajstić information content (AvgIpc) is 2.61. The SMILES string of the molecule is Cc1cnn(Cc2oc(=O)[nH]c2O)c1. The summed E-state index contributed by atoms with van der Waals surface area (Å²) in [5.41, 5.74) is 1.00. The highest BCUT2D eigenvalue weighted by Gasteiger charge is 2.09. The third kappa shape index (κ3) is 1.54. The van der Waals surface area contributed by atoms with E-state index in [1.807, 2.05) is 6.92 Å². The van der Waals surface area contributed by atoms with Crippen molar-refractivity contribution in [3.8, 4) is 5.88 Å². The van der Waals surface area contributed by atoms with Gasteiger partial charge in [-0.15, -0.1) is 0 Å². The minimum atomic E-state index is -0.665. The van der Waals surface area contributed by atoms with E-state index in [2.05, 4.69) is 10.1 Å². The number of aromatic amines is 1. The van der Waals surface area contributed by atoms with Gasteiger partial charge < -0.3 is 9.52 Å². The van der Waals surface area contributed by atoms with Gasteiger partial charge in [-0.1, -0.05) is 0 Å². The molecule has 0 bridgehead atoms. The van der Waals surface area contributed by atoms with Crippen molar-refractivity contribution in [3.63, 3.8) is 0 Å². The first-order valence-electron chi connectivity index (χ1n) is 4.05. The third-order valence-corrected chi connectivity index (χ3v) is 1.77. The van der Waals surface area contributed by atoms with E-state index in [9.17, 15) is 9.90 Å². The molecule has 0 atom stereocenters. The van der Waals surface area contributed by atoms with Crippen molar-refractivity contribution >= 4 is 0 Å². The van der Waals surface area contributed by atoms with Crippen LogP contribution in [0.2, 0.25) is 0 Å². The second-order valence-electron chi connectivity index (χ2n) is 3.00. The first kappa shape index (κ1) is 8.61. The monoisotopic (exact) mass is 195 g/mol. The Labute approximate surface area is 78.8 Å². The average molecular weight is 195 g/mol. The molecule has 0 fully saturated rings. The highest BCUT2D eigenvalue weighted by Crippen LogP contribution is 2.11. The van der Waals surface area contributed by atoms with Crippen LogP contribution in [0.25, 0.3) is 0 Å². The van der Waals surface area contributed by atoms with Gasteiger partial charge in [0.1, 0.15) is 6.54 Å². The number of H-pyrrole nitrogens is 1. The van der Waals surface area contributed by atoms with Gasteiger partial charge in [0, 0.05) is 6.20 Å². The highest BCUT2D eigenvalue weighted by atomic mass is 16.4. The Morgan fingerprint density at radius 1 is 1.71 bits per heavy atom. The summed E-state index contributed by atoms with van der Waals surface area (Å²) < 4.78 is 6.28. The van der Waals surface area contributed by atoms with Crippen molar-refractivity contribution in [2.24, 2.45) is 0 Å². The number of nitrogens with one attached hydrogen (secondary N) is 1. The predicted octanol–water partition coefficient (Wildman–Crippen LogP) is 0.227. The first-order chi connectivity index (χ1) is 6.65. The topological polar surface area (TPSA) is 84.0 Å².